The molecule has 0 radical (unpaired) electrons. The first-order chi connectivity index (χ1) is 9.31. The predicted molar refractivity (Wildman–Crippen MR) is 66.5 cm³/mol. The first kappa shape index (κ1) is 12.6. The molecule has 0 aliphatic carbocycles. The molecule has 3 heterocycles. The van der Waals surface area contributed by atoms with E-state index in [-0.39, 0.29) is 24.1 Å². The molecule has 19 heavy (non-hydrogen) atoms. The molecule has 1 amide bonds. The van der Waals surface area contributed by atoms with Gasteiger partial charge in [0.05, 0.1) is 18.6 Å². The van der Waals surface area contributed by atoms with Gasteiger partial charge in [0.15, 0.2) is 0 Å². The normalized spacial score (nSPS) is 26.7. The summed E-state index contributed by atoms with van der Waals surface area (Å²) >= 11 is 0. The zero-order valence-corrected chi connectivity index (χ0v) is 10.7. The van der Waals surface area contributed by atoms with Gasteiger partial charge in [-0.3, -0.25) is 10.1 Å². The molecule has 0 aromatic carbocycles. The summed E-state index contributed by atoms with van der Waals surface area (Å²) < 4.78 is 10.9. The average molecular weight is 266 g/mol. The smallest absolute Gasteiger partial charge is 0.322 e. The van der Waals surface area contributed by atoms with Gasteiger partial charge in [0.1, 0.15) is 0 Å². The maximum absolute atomic E-state index is 11.8. The molecule has 0 bridgehead atoms. The van der Waals surface area contributed by atoms with Crippen LogP contribution in [0.5, 0.6) is 0 Å². The van der Waals surface area contributed by atoms with Crippen LogP contribution in [0.15, 0.2) is 4.42 Å². The van der Waals surface area contributed by atoms with Gasteiger partial charge in [0.25, 0.3) is 0 Å². The van der Waals surface area contributed by atoms with E-state index >= 15 is 0 Å². The number of nitrogens with one attached hydrogen (secondary N) is 2. The summed E-state index contributed by atoms with van der Waals surface area (Å²) in [4.78, 5) is 11.8. The van der Waals surface area contributed by atoms with Gasteiger partial charge < -0.3 is 14.5 Å². The van der Waals surface area contributed by atoms with Gasteiger partial charge in [-0.25, -0.2) is 0 Å². The van der Waals surface area contributed by atoms with Gasteiger partial charge in [-0.05, 0) is 32.2 Å². The Morgan fingerprint density at radius 3 is 3.05 bits per heavy atom. The molecule has 1 aromatic rings. The van der Waals surface area contributed by atoms with E-state index < -0.39 is 0 Å². The average Bonchev–Trinajstić information content (AvgIpc) is 3.09. The van der Waals surface area contributed by atoms with Crippen molar-refractivity contribution >= 4 is 11.9 Å². The standard InChI is InChI=1S/C12H18N4O3/c17-10(7-8-3-2-6-18-8)14-12-16-15-11(19-12)9-4-1-5-13-9/h8-9,13H,1-7H2,(H,14,16,17). The molecule has 2 atom stereocenters. The Kier molecular flexibility index (Phi) is 3.74. The number of ether oxygens (including phenoxy) is 1. The minimum absolute atomic E-state index is 0.0268. The zero-order chi connectivity index (χ0) is 13.1. The van der Waals surface area contributed by atoms with E-state index in [9.17, 15) is 4.79 Å². The summed E-state index contributed by atoms with van der Waals surface area (Å²) in [5.74, 6) is 0.409. The van der Waals surface area contributed by atoms with Crippen molar-refractivity contribution in [2.45, 2.75) is 44.2 Å². The third-order valence-corrected chi connectivity index (χ3v) is 3.48. The Labute approximate surface area is 111 Å². The highest BCUT2D eigenvalue weighted by Gasteiger charge is 2.23. The fourth-order valence-corrected chi connectivity index (χ4v) is 2.50. The molecule has 0 saturated carbocycles. The molecule has 104 valence electrons. The van der Waals surface area contributed by atoms with Gasteiger partial charge >= 0.3 is 6.01 Å². The molecule has 2 aliphatic heterocycles. The number of hydrogen-bond acceptors (Lipinski definition) is 6. The third-order valence-electron chi connectivity index (χ3n) is 3.48. The van der Waals surface area contributed by atoms with Crippen molar-refractivity contribution in [2.75, 3.05) is 18.5 Å². The van der Waals surface area contributed by atoms with Crippen molar-refractivity contribution in [1.82, 2.24) is 15.5 Å². The number of anilines is 1. The van der Waals surface area contributed by atoms with E-state index in [2.05, 4.69) is 20.8 Å². The molecule has 7 heteroatoms. The summed E-state index contributed by atoms with van der Waals surface area (Å²) in [6, 6.07) is 0.294. The molecule has 2 saturated heterocycles. The molecular formula is C12H18N4O3. The molecule has 7 nitrogen and oxygen atoms in total. The fourth-order valence-electron chi connectivity index (χ4n) is 2.50. The van der Waals surface area contributed by atoms with E-state index in [1.165, 1.54) is 0 Å². The minimum Gasteiger partial charge on any atom is -0.406 e. The summed E-state index contributed by atoms with van der Waals surface area (Å²) in [5, 5.41) is 13.7. The van der Waals surface area contributed by atoms with E-state index in [4.69, 9.17) is 9.15 Å². The van der Waals surface area contributed by atoms with E-state index in [1.807, 2.05) is 0 Å². The SMILES string of the molecule is O=C(CC1CCCO1)Nc1nnc(C2CCCN2)o1. The van der Waals surface area contributed by atoms with Gasteiger partial charge in [-0.1, -0.05) is 5.10 Å². The van der Waals surface area contributed by atoms with Crippen molar-refractivity contribution in [2.24, 2.45) is 0 Å². The van der Waals surface area contributed by atoms with Gasteiger partial charge in [0.2, 0.25) is 11.8 Å². The van der Waals surface area contributed by atoms with Crippen molar-refractivity contribution < 1.29 is 13.9 Å². The van der Waals surface area contributed by atoms with Crippen molar-refractivity contribution in [3.05, 3.63) is 5.89 Å². The lowest BCUT2D eigenvalue weighted by Gasteiger charge is -2.07. The first-order valence-electron chi connectivity index (χ1n) is 6.79. The van der Waals surface area contributed by atoms with Crippen LogP contribution in [-0.2, 0) is 9.53 Å². The van der Waals surface area contributed by atoms with Gasteiger partial charge in [-0.15, -0.1) is 5.10 Å². The van der Waals surface area contributed by atoms with Gasteiger partial charge in [-0.2, -0.15) is 0 Å². The second-order valence-electron chi connectivity index (χ2n) is 4.98. The maximum atomic E-state index is 11.8. The van der Waals surface area contributed by atoms with Gasteiger partial charge in [0, 0.05) is 6.61 Å². The Morgan fingerprint density at radius 2 is 2.32 bits per heavy atom. The molecule has 3 rings (SSSR count). The largest absolute Gasteiger partial charge is 0.406 e. The lowest BCUT2D eigenvalue weighted by atomic mass is 10.2. The Balaban J connectivity index is 1.52. The topological polar surface area (TPSA) is 89.3 Å². The maximum Gasteiger partial charge on any atom is 0.322 e. The summed E-state index contributed by atoms with van der Waals surface area (Å²) in [6.07, 6.45) is 4.43. The number of nitrogens with zero attached hydrogens (tertiary/aromatic N) is 2. The van der Waals surface area contributed by atoms with Crippen molar-refractivity contribution in [3.63, 3.8) is 0 Å². The number of aromatic nitrogens is 2. The Bertz CT molecular complexity index is 436. The summed E-state index contributed by atoms with van der Waals surface area (Å²) in [6.45, 7) is 1.71. The number of carbonyl (C=O) groups excluding carboxylic acids is 1. The second kappa shape index (κ2) is 5.66. The first-order valence-corrected chi connectivity index (χ1v) is 6.79. The van der Waals surface area contributed by atoms with Crippen LogP contribution in [0.4, 0.5) is 6.01 Å². The van der Waals surface area contributed by atoms with Crippen LogP contribution in [0.2, 0.25) is 0 Å². The minimum atomic E-state index is -0.138. The summed E-state index contributed by atoms with van der Waals surface area (Å²) in [5.41, 5.74) is 0. The van der Waals surface area contributed by atoms with Crippen LogP contribution >= 0.6 is 0 Å². The third kappa shape index (κ3) is 3.10. The second-order valence-corrected chi connectivity index (χ2v) is 4.98. The summed E-state index contributed by atoms with van der Waals surface area (Å²) in [7, 11) is 0. The lowest BCUT2D eigenvalue weighted by Crippen LogP contribution is -2.19. The quantitative estimate of drug-likeness (QED) is 0.845. The van der Waals surface area contributed by atoms with E-state index in [1.54, 1.807) is 0 Å². The highest BCUT2D eigenvalue weighted by molar-refractivity contribution is 5.88. The lowest BCUT2D eigenvalue weighted by molar-refractivity contribution is -0.118. The molecular weight excluding hydrogens is 248 g/mol. The number of hydrogen-bond donors (Lipinski definition) is 2. The van der Waals surface area contributed by atoms with Crippen LogP contribution in [0.1, 0.15) is 44.0 Å². The van der Waals surface area contributed by atoms with E-state index in [0.29, 0.717) is 12.3 Å². The number of rotatable bonds is 4. The highest BCUT2D eigenvalue weighted by Crippen LogP contribution is 2.23. The predicted octanol–water partition coefficient (Wildman–Crippen LogP) is 1.00. The van der Waals surface area contributed by atoms with Crippen LogP contribution < -0.4 is 10.6 Å². The molecule has 2 N–H and O–H groups in total. The van der Waals surface area contributed by atoms with E-state index in [0.717, 1.165) is 38.8 Å². The van der Waals surface area contributed by atoms with Crippen LogP contribution in [0, 0.1) is 0 Å². The van der Waals surface area contributed by atoms with Crippen LogP contribution in [0.3, 0.4) is 0 Å². The Morgan fingerprint density at radius 1 is 1.37 bits per heavy atom. The zero-order valence-electron chi connectivity index (χ0n) is 10.7. The molecule has 0 spiro atoms. The highest BCUT2D eigenvalue weighted by atomic mass is 16.5. The number of amides is 1. The number of carbonyl (C=O) groups is 1. The molecule has 2 fully saturated rings. The van der Waals surface area contributed by atoms with Crippen molar-refractivity contribution in [3.8, 4) is 0 Å². The molecule has 1 aromatic heterocycles. The van der Waals surface area contributed by atoms with Crippen molar-refractivity contribution in [1.29, 1.82) is 0 Å². The fraction of sp³-hybridized carbons (Fsp3) is 0.750. The molecule has 2 unspecified atom stereocenters. The Hall–Kier alpha value is -1.47. The van der Waals surface area contributed by atoms with Crippen LogP contribution in [-0.4, -0.2) is 35.4 Å². The monoisotopic (exact) mass is 266 g/mol. The van der Waals surface area contributed by atoms with Crippen LogP contribution in [0.25, 0.3) is 0 Å². The molecule has 2 aliphatic rings.